The normalized spacial score (nSPS) is 10.9. The summed E-state index contributed by atoms with van der Waals surface area (Å²) in [6.07, 6.45) is 0. The fraction of sp³-hybridized carbons (Fsp3) is 0.263. The molecule has 0 spiro atoms. The standard InChI is InChI=1S/C19H21ClN2O3/c1-19(2,3)22-17(23)12-5-8-14(9-6-12)21-18(24)15-11-13(20)7-10-16(15)25-4/h5-11H,1-4H3,(H,21,24)(H,22,23). The lowest BCUT2D eigenvalue weighted by Gasteiger charge is -2.20. The highest BCUT2D eigenvalue weighted by atomic mass is 35.5. The van der Waals surface area contributed by atoms with E-state index in [4.69, 9.17) is 16.3 Å². The molecule has 0 saturated heterocycles. The zero-order chi connectivity index (χ0) is 18.6. The molecule has 132 valence electrons. The Morgan fingerprint density at radius 1 is 1.00 bits per heavy atom. The lowest BCUT2D eigenvalue weighted by Crippen LogP contribution is -2.40. The fourth-order valence-corrected chi connectivity index (χ4v) is 2.35. The second kappa shape index (κ2) is 7.57. The Morgan fingerprint density at radius 2 is 1.64 bits per heavy atom. The highest BCUT2D eigenvalue weighted by Crippen LogP contribution is 2.24. The topological polar surface area (TPSA) is 67.4 Å². The molecule has 0 fully saturated rings. The number of anilines is 1. The molecule has 0 aliphatic heterocycles. The summed E-state index contributed by atoms with van der Waals surface area (Å²) in [7, 11) is 1.49. The Hall–Kier alpha value is -2.53. The minimum Gasteiger partial charge on any atom is -0.496 e. The number of carbonyl (C=O) groups is 2. The van der Waals surface area contributed by atoms with Gasteiger partial charge in [-0.25, -0.2) is 0 Å². The molecule has 5 nitrogen and oxygen atoms in total. The number of ether oxygens (including phenoxy) is 1. The Balaban J connectivity index is 2.12. The first kappa shape index (κ1) is 18.8. The third-order valence-corrected chi connectivity index (χ3v) is 3.53. The molecule has 2 amide bonds. The third-order valence-electron chi connectivity index (χ3n) is 3.30. The van der Waals surface area contributed by atoms with Crippen molar-refractivity contribution in [2.24, 2.45) is 0 Å². The van der Waals surface area contributed by atoms with Crippen molar-refractivity contribution in [2.45, 2.75) is 26.3 Å². The van der Waals surface area contributed by atoms with Gasteiger partial charge >= 0.3 is 0 Å². The van der Waals surface area contributed by atoms with Gasteiger partial charge in [0.1, 0.15) is 5.75 Å². The van der Waals surface area contributed by atoms with Crippen molar-refractivity contribution in [3.8, 4) is 5.75 Å². The van der Waals surface area contributed by atoms with Gasteiger partial charge in [0.25, 0.3) is 11.8 Å². The molecule has 2 aromatic rings. The van der Waals surface area contributed by atoms with Crippen LogP contribution in [0.4, 0.5) is 5.69 Å². The smallest absolute Gasteiger partial charge is 0.259 e. The summed E-state index contributed by atoms with van der Waals surface area (Å²) in [5.41, 5.74) is 1.12. The van der Waals surface area contributed by atoms with E-state index in [1.54, 1.807) is 42.5 Å². The van der Waals surface area contributed by atoms with Crippen molar-refractivity contribution in [3.63, 3.8) is 0 Å². The molecule has 0 bridgehead atoms. The van der Waals surface area contributed by atoms with Crippen LogP contribution in [-0.2, 0) is 0 Å². The lowest BCUT2D eigenvalue weighted by molar-refractivity contribution is 0.0919. The summed E-state index contributed by atoms with van der Waals surface area (Å²) >= 11 is 5.95. The van der Waals surface area contributed by atoms with Crippen LogP contribution in [0, 0.1) is 0 Å². The lowest BCUT2D eigenvalue weighted by atomic mass is 10.1. The number of methoxy groups -OCH3 is 1. The molecule has 2 rings (SSSR count). The second-order valence-corrected chi connectivity index (χ2v) is 7.02. The fourth-order valence-electron chi connectivity index (χ4n) is 2.17. The van der Waals surface area contributed by atoms with Crippen LogP contribution in [0.2, 0.25) is 5.02 Å². The average molecular weight is 361 g/mol. The molecule has 0 saturated carbocycles. The summed E-state index contributed by atoms with van der Waals surface area (Å²) < 4.78 is 5.18. The van der Waals surface area contributed by atoms with Gasteiger partial charge in [-0.15, -0.1) is 0 Å². The van der Waals surface area contributed by atoms with Crippen LogP contribution < -0.4 is 15.4 Å². The molecule has 0 atom stereocenters. The first-order valence-electron chi connectivity index (χ1n) is 7.77. The molecule has 6 heteroatoms. The first-order valence-corrected chi connectivity index (χ1v) is 8.15. The van der Waals surface area contributed by atoms with Gasteiger partial charge in [0.15, 0.2) is 0 Å². The summed E-state index contributed by atoms with van der Waals surface area (Å²) in [6.45, 7) is 5.74. The second-order valence-electron chi connectivity index (χ2n) is 6.58. The molecule has 2 N–H and O–H groups in total. The Kier molecular flexibility index (Phi) is 5.69. The van der Waals surface area contributed by atoms with Gasteiger partial charge < -0.3 is 15.4 Å². The molecule has 0 aromatic heterocycles. The van der Waals surface area contributed by atoms with E-state index in [1.807, 2.05) is 20.8 Å². The molecular weight excluding hydrogens is 340 g/mol. The maximum Gasteiger partial charge on any atom is 0.259 e. The maximum absolute atomic E-state index is 12.4. The van der Waals surface area contributed by atoms with E-state index >= 15 is 0 Å². The Morgan fingerprint density at radius 3 is 2.20 bits per heavy atom. The SMILES string of the molecule is COc1ccc(Cl)cc1C(=O)Nc1ccc(C(=O)NC(C)(C)C)cc1. The van der Waals surface area contributed by atoms with Gasteiger partial charge in [0.05, 0.1) is 12.7 Å². The number of rotatable bonds is 4. The van der Waals surface area contributed by atoms with Crippen molar-refractivity contribution < 1.29 is 14.3 Å². The number of hydrogen-bond acceptors (Lipinski definition) is 3. The third kappa shape index (κ3) is 5.22. The van der Waals surface area contributed by atoms with Gasteiger partial charge in [-0.3, -0.25) is 9.59 Å². The van der Waals surface area contributed by atoms with Gasteiger partial charge in [-0.05, 0) is 63.2 Å². The van der Waals surface area contributed by atoms with E-state index in [0.29, 0.717) is 27.6 Å². The average Bonchev–Trinajstić information content (AvgIpc) is 2.53. The monoisotopic (exact) mass is 360 g/mol. The molecule has 0 radical (unpaired) electrons. The van der Waals surface area contributed by atoms with Crippen LogP contribution in [-0.4, -0.2) is 24.5 Å². The van der Waals surface area contributed by atoms with Gasteiger partial charge in [0, 0.05) is 21.8 Å². The summed E-state index contributed by atoms with van der Waals surface area (Å²) in [5.74, 6) is -0.0730. The van der Waals surface area contributed by atoms with Crippen LogP contribution in [0.5, 0.6) is 5.75 Å². The molecule has 0 aliphatic carbocycles. The first-order chi connectivity index (χ1) is 11.7. The van der Waals surface area contributed by atoms with Gasteiger partial charge in [0.2, 0.25) is 0 Å². The van der Waals surface area contributed by atoms with Crippen molar-refractivity contribution in [3.05, 3.63) is 58.6 Å². The maximum atomic E-state index is 12.4. The molecule has 0 heterocycles. The van der Waals surface area contributed by atoms with Crippen molar-refractivity contribution in [2.75, 3.05) is 12.4 Å². The number of halogens is 1. The molecule has 0 aliphatic rings. The molecule has 25 heavy (non-hydrogen) atoms. The van der Waals surface area contributed by atoms with Crippen LogP contribution in [0.25, 0.3) is 0 Å². The number of benzene rings is 2. The summed E-state index contributed by atoms with van der Waals surface area (Å²) in [6, 6.07) is 11.5. The quantitative estimate of drug-likeness (QED) is 0.861. The minimum absolute atomic E-state index is 0.165. The number of carbonyl (C=O) groups excluding carboxylic acids is 2. The van der Waals surface area contributed by atoms with Gasteiger partial charge in [-0.2, -0.15) is 0 Å². The minimum atomic E-state index is -0.341. The molecule has 2 aromatic carbocycles. The van der Waals surface area contributed by atoms with E-state index in [1.165, 1.54) is 7.11 Å². The van der Waals surface area contributed by atoms with E-state index in [9.17, 15) is 9.59 Å². The van der Waals surface area contributed by atoms with Crippen molar-refractivity contribution in [1.29, 1.82) is 0 Å². The van der Waals surface area contributed by atoms with Gasteiger partial charge in [-0.1, -0.05) is 11.6 Å². The molecular formula is C19H21ClN2O3. The van der Waals surface area contributed by atoms with Crippen LogP contribution in [0.15, 0.2) is 42.5 Å². The van der Waals surface area contributed by atoms with E-state index in [-0.39, 0.29) is 17.4 Å². The van der Waals surface area contributed by atoms with E-state index < -0.39 is 0 Å². The number of nitrogens with one attached hydrogen (secondary N) is 2. The van der Waals surface area contributed by atoms with Crippen LogP contribution >= 0.6 is 11.6 Å². The predicted octanol–water partition coefficient (Wildman–Crippen LogP) is 4.13. The van der Waals surface area contributed by atoms with Crippen molar-refractivity contribution >= 4 is 29.1 Å². The highest BCUT2D eigenvalue weighted by Gasteiger charge is 2.16. The molecule has 0 unspecified atom stereocenters. The Bertz CT molecular complexity index is 780. The summed E-state index contributed by atoms with van der Waals surface area (Å²) in [5, 5.41) is 6.10. The number of amides is 2. The van der Waals surface area contributed by atoms with Crippen molar-refractivity contribution in [1.82, 2.24) is 5.32 Å². The zero-order valence-corrected chi connectivity index (χ0v) is 15.4. The van der Waals surface area contributed by atoms with Crippen LogP contribution in [0.3, 0.4) is 0 Å². The van der Waals surface area contributed by atoms with Crippen LogP contribution in [0.1, 0.15) is 41.5 Å². The van der Waals surface area contributed by atoms with E-state index in [0.717, 1.165) is 0 Å². The van der Waals surface area contributed by atoms with E-state index in [2.05, 4.69) is 10.6 Å². The predicted molar refractivity (Wildman–Crippen MR) is 99.6 cm³/mol. The highest BCUT2D eigenvalue weighted by molar-refractivity contribution is 6.31. The zero-order valence-electron chi connectivity index (χ0n) is 14.6. The largest absolute Gasteiger partial charge is 0.496 e. The number of hydrogen-bond donors (Lipinski definition) is 2. The summed E-state index contributed by atoms with van der Waals surface area (Å²) in [4.78, 5) is 24.5. The Labute approximate surface area is 152 Å².